The number of halogens is 1. The van der Waals surface area contributed by atoms with Crippen LogP contribution in [-0.2, 0) is 4.79 Å². The zero-order valence-electron chi connectivity index (χ0n) is 12.4. The Morgan fingerprint density at radius 1 is 1.04 bits per heavy atom. The van der Waals surface area contributed by atoms with E-state index in [9.17, 15) is 14.0 Å². The van der Waals surface area contributed by atoms with Gasteiger partial charge in [0.05, 0.1) is 0 Å². The molecule has 1 aliphatic heterocycles. The van der Waals surface area contributed by atoms with Gasteiger partial charge in [-0.3, -0.25) is 20.4 Å². The van der Waals surface area contributed by atoms with E-state index in [1.807, 2.05) is 0 Å². The number of hydrogen-bond acceptors (Lipinski definition) is 5. The molecule has 0 saturated carbocycles. The molecule has 0 radical (unpaired) electrons. The van der Waals surface area contributed by atoms with Gasteiger partial charge in [0.15, 0.2) is 18.1 Å². The minimum absolute atomic E-state index is 0.109. The Morgan fingerprint density at radius 2 is 1.79 bits per heavy atom. The summed E-state index contributed by atoms with van der Waals surface area (Å²) < 4.78 is 28.2. The zero-order valence-corrected chi connectivity index (χ0v) is 12.4. The van der Waals surface area contributed by atoms with Gasteiger partial charge >= 0.3 is 0 Å². The van der Waals surface area contributed by atoms with Gasteiger partial charge in [-0.05, 0) is 42.5 Å². The van der Waals surface area contributed by atoms with Gasteiger partial charge in [-0.2, -0.15) is 0 Å². The fourth-order valence-electron chi connectivity index (χ4n) is 1.95. The standard InChI is InChI=1S/C16H13FN2O5/c17-11-2-4-12(5-3-11)22-8-15(20)18-19-16(21)10-1-6-13-14(7-10)24-9-23-13/h1-7H,8-9H2,(H,18,20)(H,19,21). The van der Waals surface area contributed by atoms with Crippen LogP contribution in [-0.4, -0.2) is 25.2 Å². The predicted octanol–water partition coefficient (Wildman–Crippen LogP) is 1.39. The minimum Gasteiger partial charge on any atom is -0.484 e. The van der Waals surface area contributed by atoms with Crippen LogP contribution in [0.2, 0.25) is 0 Å². The first kappa shape index (κ1) is 15.6. The highest BCUT2D eigenvalue weighted by Gasteiger charge is 2.16. The normalized spacial score (nSPS) is 11.7. The van der Waals surface area contributed by atoms with Crippen molar-refractivity contribution in [1.82, 2.24) is 10.9 Å². The first-order chi connectivity index (χ1) is 11.6. The molecule has 3 rings (SSSR count). The first-order valence-corrected chi connectivity index (χ1v) is 6.99. The molecule has 0 aliphatic carbocycles. The number of hydrogen-bond donors (Lipinski definition) is 2. The lowest BCUT2D eigenvalue weighted by Crippen LogP contribution is -2.43. The summed E-state index contributed by atoms with van der Waals surface area (Å²) in [5.41, 5.74) is 4.79. The van der Waals surface area contributed by atoms with Crippen LogP contribution in [0.5, 0.6) is 17.2 Å². The highest BCUT2D eigenvalue weighted by Crippen LogP contribution is 2.32. The molecule has 2 aromatic carbocycles. The molecule has 0 bridgehead atoms. The van der Waals surface area contributed by atoms with E-state index in [2.05, 4.69) is 10.9 Å². The predicted molar refractivity (Wildman–Crippen MR) is 80.1 cm³/mol. The average Bonchev–Trinajstić information content (AvgIpc) is 3.06. The first-order valence-electron chi connectivity index (χ1n) is 6.99. The summed E-state index contributed by atoms with van der Waals surface area (Å²) in [6.45, 7) is -0.217. The Bertz CT molecular complexity index is 764. The summed E-state index contributed by atoms with van der Waals surface area (Å²) in [7, 11) is 0. The second-order valence-electron chi connectivity index (χ2n) is 4.81. The molecule has 8 heteroatoms. The van der Waals surface area contributed by atoms with Gasteiger partial charge in [0.25, 0.3) is 11.8 Å². The van der Waals surface area contributed by atoms with Gasteiger partial charge in [-0.25, -0.2) is 4.39 Å². The van der Waals surface area contributed by atoms with Gasteiger partial charge in [-0.15, -0.1) is 0 Å². The van der Waals surface area contributed by atoms with Crippen molar-refractivity contribution < 1.29 is 28.2 Å². The van der Waals surface area contributed by atoms with E-state index >= 15 is 0 Å². The Balaban J connectivity index is 1.47. The fraction of sp³-hybridized carbons (Fsp3) is 0.125. The van der Waals surface area contributed by atoms with E-state index in [-0.39, 0.29) is 13.4 Å². The lowest BCUT2D eigenvalue weighted by Gasteiger charge is -2.09. The van der Waals surface area contributed by atoms with E-state index in [1.54, 1.807) is 12.1 Å². The molecule has 1 aliphatic rings. The van der Waals surface area contributed by atoms with Crippen LogP contribution in [0, 0.1) is 5.82 Å². The van der Waals surface area contributed by atoms with Gasteiger partial charge < -0.3 is 14.2 Å². The summed E-state index contributed by atoms with van der Waals surface area (Å²) in [6, 6.07) is 9.89. The van der Waals surface area contributed by atoms with E-state index < -0.39 is 17.6 Å². The number of fused-ring (bicyclic) bond motifs is 1. The van der Waals surface area contributed by atoms with Crippen LogP contribution in [0.1, 0.15) is 10.4 Å². The van der Waals surface area contributed by atoms with Crippen LogP contribution in [0.4, 0.5) is 4.39 Å². The smallest absolute Gasteiger partial charge is 0.276 e. The second-order valence-corrected chi connectivity index (χ2v) is 4.81. The van der Waals surface area contributed by atoms with Gasteiger partial charge in [-0.1, -0.05) is 0 Å². The van der Waals surface area contributed by atoms with E-state index in [0.717, 1.165) is 0 Å². The number of carbonyl (C=O) groups is 2. The molecule has 7 nitrogen and oxygen atoms in total. The average molecular weight is 332 g/mol. The van der Waals surface area contributed by atoms with E-state index in [4.69, 9.17) is 14.2 Å². The van der Waals surface area contributed by atoms with Crippen molar-refractivity contribution in [1.29, 1.82) is 0 Å². The molecule has 2 N–H and O–H groups in total. The third-order valence-electron chi connectivity index (χ3n) is 3.13. The highest BCUT2D eigenvalue weighted by atomic mass is 19.1. The van der Waals surface area contributed by atoms with Crippen LogP contribution in [0.15, 0.2) is 42.5 Å². The molecule has 0 atom stereocenters. The molecular weight excluding hydrogens is 319 g/mol. The molecule has 0 spiro atoms. The lowest BCUT2D eigenvalue weighted by atomic mass is 10.2. The monoisotopic (exact) mass is 332 g/mol. The Morgan fingerprint density at radius 3 is 2.58 bits per heavy atom. The van der Waals surface area contributed by atoms with Crippen LogP contribution >= 0.6 is 0 Å². The number of nitrogens with one attached hydrogen (secondary N) is 2. The van der Waals surface area contributed by atoms with Crippen molar-refractivity contribution in [3.05, 3.63) is 53.8 Å². The second kappa shape index (κ2) is 6.86. The quantitative estimate of drug-likeness (QED) is 0.827. The van der Waals surface area contributed by atoms with Crippen molar-refractivity contribution in [3.63, 3.8) is 0 Å². The number of rotatable bonds is 4. The maximum absolute atomic E-state index is 12.7. The van der Waals surface area contributed by atoms with Gasteiger partial charge in [0.2, 0.25) is 6.79 Å². The largest absolute Gasteiger partial charge is 0.484 e. The van der Waals surface area contributed by atoms with Crippen molar-refractivity contribution in [2.24, 2.45) is 0 Å². The zero-order chi connectivity index (χ0) is 16.9. The van der Waals surface area contributed by atoms with Crippen LogP contribution < -0.4 is 25.1 Å². The summed E-state index contributed by atoms with van der Waals surface area (Å²) in [6.07, 6.45) is 0. The van der Waals surface area contributed by atoms with Gasteiger partial charge in [0, 0.05) is 5.56 Å². The number of carbonyl (C=O) groups excluding carboxylic acids is 2. The minimum atomic E-state index is -0.562. The number of amides is 2. The maximum Gasteiger partial charge on any atom is 0.276 e. The van der Waals surface area contributed by atoms with Crippen molar-refractivity contribution >= 4 is 11.8 Å². The molecule has 24 heavy (non-hydrogen) atoms. The molecule has 0 unspecified atom stereocenters. The molecule has 2 aromatic rings. The third-order valence-corrected chi connectivity index (χ3v) is 3.13. The Labute approximate surface area is 136 Å². The van der Waals surface area contributed by atoms with E-state index in [1.165, 1.54) is 30.3 Å². The van der Waals surface area contributed by atoms with E-state index in [0.29, 0.717) is 22.8 Å². The maximum atomic E-state index is 12.7. The molecule has 0 saturated heterocycles. The van der Waals surface area contributed by atoms with Crippen LogP contribution in [0.25, 0.3) is 0 Å². The Kier molecular flexibility index (Phi) is 4.46. The molecular formula is C16H13FN2O5. The molecule has 1 heterocycles. The summed E-state index contributed by atoms with van der Waals surface area (Å²) >= 11 is 0. The summed E-state index contributed by atoms with van der Waals surface area (Å²) in [4.78, 5) is 23.6. The topological polar surface area (TPSA) is 85.9 Å². The third kappa shape index (κ3) is 3.72. The van der Waals surface area contributed by atoms with Gasteiger partial charge in [0.1, 0.15) is 11.6 Å². The summed E-state index contributed by atoms with van der Waals surface area (Å²) in [5, 5.41) is 0. The summed E-state index contributed by atoms with van der Waals surface area (Å²) in [5.74, 6) is -0.106. The molecule has 0 fully saturated rings. The number of benzene rings is 2. The molecule has 2 amide bonds. The molecule has 124 valence electrons. The number of hydrazine groups is 1. The molecule has 0 aromatic heterocycles. The fourth-order valence-corrected chi connectivity index (χ4v) is 1.95. The highest BCUT2D eigenvalue weighted by molar-refractivity contribution is 5.96. The number of ether oxygens (including phenoxy) is 3. The van der Waals surface area contributed by atoms with Crippen molar-refractivity contribution in [2.45, 2.75) is 0 Å². The van der Waals surface area contributed by atoms with Crippen LogP contribution in [0.3, 0.4) is 0 Å². The SMILES string of the molecule is O=C(COc1ccc(F)cc1)NNC(=O)c1ccc2c(c1)OCO2. The van der Waals surface area contributed by atoms with Crippen molar-refractivity contribution in [3.8, 4) is 17.2 Å². The lowest BCUT2D eigenvalue weighted by molar-refractivity contribution is -0.123. The van der Waals surface area contributed by atoms with Crippen molar-refractivity contribution in [2.75, 3.05) is 13.4 Å². The Hall–Kier alpha value is -3.29.